The summed E-state index contributed by atoms with van der Waals surface area (Å²) < 4.78 is 0. The minimum Gasteiger partial charge on any atom is -0.356 e. The van der Waals surface area contributed by atoms with Crippen LogP contribution in [-0.2, 0) is 11.2 Å². The number of hydrogen-bond acceptors (Lipinski definition) is 3. The number of Topliss-reactive ketones (excluding diaryl/α,β-unsaturated/α-hetero) is 1. The molecule has 2 aromatic rings. The minimum atomic E-state index is 0.0536. The normalized spacial score (nSPS) is 17.1. The average Bonchev–Trinajstić information content (AvgIpc) is 3.37. The molecule has 1 heterocycles. The van der Waals surface area contributed by atoms with Crippen molar-refractivity contribution in [2.45, 2.75) is 30.6 Å². The van der Waals surface area contributed by atoms with Crippen molar-refractivity contribution in [1.29, 1.82) is 0 Å². The van der Waals surface area contributed by atoms with Crippen molar-refractivity contribution in [3.8, 4) is 0 Å². The molecule has 0 atom stereocenters. The Balaban J connectivity index is 1.70. The molecule has 1 N–H and O–H groups in total. The standard InChI is InChI=1S/C19H19NO2S/c21-15-8-9-23-16-7-6-13-2-1-3-14(18(13)19(15)16)10-17(22)20-11-12-4-5-12/h1-3,6-7,12H,4-5,8-11H2,(H,20,22). The van der Waals surface area contributed by atoms with Crippen LogP contribution in [0.4, 0.5) is 0 Å². The second-order valence-corrected chi connectivity index (χ2v) is 7.54. The van der Waals surface area contributed by atoms with Gasteiger partial charge in [-0.05, 0) is 41.2 Å². The molecule has 1 aliphatic heterocycles. The molecule has 0 radical (unpaired) electrons. The van der Waals surface area contributed by atoms with Gasteiger partial charge in [0.1, 0.15) is 0 Å². The maximum Gasteiger partial charge on any atom is 0.224 e. The molecule has 1 aliphatic carbocycles. The topological polar surface area (TPSA) is 46.2 Å². The van der Waals surface area contributed by atoms with E-state index in [1.807, 2.05) is 24.3 Å². The Kier molecular flexibility index (Phi) is 3.85. The van der Waals surface area contributed by atoms with Crippen LogP contribution in [0.2, 0.25) is 0 Å². The van der Waals surface area contributed by atoms with Crippen molar-refractivity contribution in [2.24, 2.45) is 5.92 Å². The quantitative estimate of drug-likeness (QED) is 0.934. The molecule has 1 saturated carbocycles. The van der Waals surface area contributed by atoms with Gasteiger partial charge in [-0.3, -0.25) is 9.59 Å². The molecule has 0 unspecified atom stereocenters. The molecule has 0 aromatic heterocycles. The summed E-state index contributed by atoms with van der Waals surface area (Å²) in [7, 11) is 0. The third-order valence-electron chi connectivity index (χ3n) is 4.60. The van der Waals surface area contributed by atoms with Gasteiger partial charge >= 0.3 is 0 Å². The first kappa shape index (κ1) is 14.8. The van der Waals surface area contributed by atoms with E-state index >= 15 is 0 Å². The van der Waals surface area contributed by atoms with Gasteiger partial charge in [-0.1, -0.05) is 24.3 Å². The summed E-state index contributed by atoms with van der Waals surface area (Å²) in [5, 5.41) is 5.04. The summed E-state index contributed by atoms with van der Waals surface area (Å²) in [4.78, 5) is 25.7. The Morgan fingerprint density at radius 3 is 2.91 bits per heavy atom. The van der Waals surface area contributed by atoms with E-state index in [1.165, 1.54) is 12.8 Å². The van der Waals surface area contributed by atoms with Crippen LogP contribution in [0.25, 0.3) is 10.8 Å². The predicted octanol–water partition coefficient (Wildman–Crippen LogP) is 3.59. The maximum atomic E-state index is 12.4. The van der Waals surface area contributed by atoms with Crippen molar-refractivity contribution in [1.82, 2.24) is 5.32 Å². The predicted molar refractivity (Wildman–Crippen MR) is 93.1 cm³/mol. The summed E-state index contributed by atoms with van der Waals surface area (Å²) in [5.41, 5.74) is 1.79. The number of fused-ring (bicyclic) bond motifs is 3. The average molecular weight is 325 g/mol. The summed E-state index contributed by atoms with van der Waals surface area (Å²) >= 11 is 1.74. The first-order chi connectivity index (χ1) is 11.2. The molecule has 2 aliphatic rings. The van der Waals surface area contributed by atoms with E-state index in [9.17, 15) is 9.59 Å². The van der Waals surface area contributed by atoms with Crippen LogP contribution in [0, 0.1) is 5.92 Å². The molecule has 0 saturated heterocycles. The largest absolute Gasteiger partial charge is 0.356 e. The van der Waals surface area contributed by atoms with Crippen LogP contribution in [-0.4, -0.2) is 24.0 Å². The Labute approximate surface area is 139 Å². The highest BCUT2D eigenvalue weighted by atomic mass is 32.2. The van der Waals surface area contributed by atoms with Crippen molar-refractivity contribution in [3.05, 3.63) is 41.5 Å². The van der Waals surface area contributed by atoms with Gasteiger partial charge in [0.25, 0.3) is 0 Å². The van der Waals surface area contributed by atoms with Crippen molar-refractivity contribution in [3.63, 3.8) is 0 Å². The number of hydrogen-bond donors (Lipinski definition) is 1. The highest BCUT2D eigenvalue weighted by Crippen LogP contribution is 2.36. The highest BCUT2D eigenvalue weighted by Gasteiger charge is 2.24. The number of nitrogens with one attached hydrogen (secondary N) is 1. The third-order valence-corrected chi connectivity index (χ3v) is 5.65. The van der Waals surface area contributed by atoms with Gasteiger partial charge in [-0.15, -0.1) is 11.8 Å². The van der Waals surface area contributed by atoms with E-state index in [1.54, 1.807) is 11.8 Å². The van der Waals surface area contributed by atoms with E-state index < -0.39 is 0 Å². The zero-order valence-electron chi connectivity index (χ0n) is 12.9. The Hall–Kier alpha value is -1.81. The fraction of sp³-hybridized carbons (Fsp3) is 0.368. The zero-order valence-corrected chi connectivity index (χ0v) is 13.7. The van der Waals surface area contributed by atoms with Crippen molar-refractivity contribution in [2.75, 3.05) is 12.3 Å². The van der Waals surface area contributed by atoms with E-state index in [0.717, 1.165) is 39.1 Å². The van der Waals surface area contributed by atoms with Gasteiger partial charge in [0.15, 0.2) is 5.78 Å². The second kappa shape index (κ2) is 6.00. The summed E-state index contributed by atoms with van der Waals surface area (Å²) in [6.45, 7) is 0.788. The monoisotopic (exact) mass is 325 g/mol. The van der Waals surface area contributed by atoms with Crippen LogP contribution in [0.1, 0.15) is 35.2 Å². The lowest BCUT2D eigenvalue weighted by Gasteiger charge is -2.18. The molecule has 0 spiro atoms. The maximum absolute atomic E-state index is 12.4. The van der Waals surface area contributed by atoms with Crippen LogP contribution in [0.3, 0.4) is 0 Å². The number of thioether (sulfide) groups is 1. The molecule has 0 bridgehead atoms. The number of rotatable bonds is 4. The molecule has 23 heavy (non-hydrogen) atoms. The fourth-order valence-corrected chi connectivity index (χ4v) is 4.21. The molecule has 4 heteroatoms. The summed E-state index contributed by atoms with van der Waals surface area (Å²) in [6, 6.07) is 10.1. The van der Waals surface area contributed by atoms with E-state index in [-0.39, 0.29) is 11.7 Å². The summed E-state index contributed by atoms with van der Waals surface area (Å²) in [6.07, 6.45) is 3.39. The smallest absolute Gasteiger partial charge is 0.224 e. The van der Waals surface area contributed by atoms with Crippen molar-refractivity contribution < 1.29 is 9.59 Å². The fourth-order valence-electron chi connectivity index (χ4n) is 3.17. The van der Waals surface area contributed by atoms with Gasteiger partial charge in [-0.25, -0.2) is 0 Å². The van der Waals surface area contributed by atoms with Gasteiger partial charge in [0.2, 0.25) is 5.91 Å². The number of carbonyl (C=O) groups excluding carboxylic acids is 2. The molecular weight excluding hydrogens is 306 g/mol. The van der Waals surface area contributed by atoms with E-state index in [2.05, 4.69) is 11.4 Å². The molecule has 3 nitrogen and oxygen atoms in total. The molecule has 1 amide bonds. The molecule has 118 valence electrons. The number of carbonyl (C=O) groups is 2. The zero-order chi connectivity index (χ0) is 15.8. The minimum absolute atomic E-state index is 0.0536. The lowest BCUT2D eigenvalue weighted by atomic mass is 9.94. The van der Waals surface area contributed by atoms with Gasteiger partial charge < -0.3 is 5.32 Å². The van der Waals surface area contributed by atoms with Gasteiger partial charge in [0, 0.05) is 29.2 Å². The third kappa shape index (κ3) is 3.00. The Morgan fingerprint density at radius 1 is 1.22 bits per heavy atom. The number of benzene rings is 2. The van der Waals surface area contributed by atoms with Gasteiger partial charge in [0.05, 0.1) is 6.42 Å². The Bertz CT molecular complexity index is 795. The summed E-state index contributed by atoms with van der Waals surface area (Å²) in [5.74, 6) is 1.78. The molecule has 4 rings (SSSR count). The molecular formula is C19H19NO2S. The van der Waals surface area contributed by atoms with Crippen LogP contribution < -0.4 is 5.32 Å². The Morgan fingerprint density at radius 2 is 2.09 bits per heavy atom. The number of amides is 1. The van der Waals surface area contributed by atoms with Crippen LogP contribution in [0.5, 0.6) is 0 Å². The van der Waals surface area contributed by atoms with Crippen molar-refractivity contribution >= 4 is 34.2 Å². The molecule has 1 fully saturated rings. The van der Waals surface area contributed by atoms with Crippen LogP contribution in [0.15, 0.2) is 35.2 Å². The van der Waals surface area contributed by atoms with Gasteiger partial charge in [-0.2, -0.15) is 0 Å². The first-order valence-electron chi connectivity index (χ1n) is 8.19. The lowest BCUT2D eigenvalue weighted by molar-refractivity contribution is -0.120. The van der Waals surface area contributed by atoms with E-state index in [0.29, 0.717) is 18.8 Å². The molecule has 2 aromatic carbocycles. The SMILES string of the molecule is O=C(Cc1cccc2ccc3c(c12)C(=O)CCS3)NCC1CC1. The number of ketones is 1. The highest BCUT2D eigenvalue weighted by molar-refractivity contribution is 7.99. The van der Waals surface area contributed by atoms with E-state index in [4.69, 9.17) is 0 Å². The van der Waals surface area contributed by atoms with Crippen LogP contribution >= 0.6 is 11.8 Å². The second-order valence-electron chi connectivity index (χ2n) is 6.40. The lowest BCUT2D eigenvalue weighted by Crippen LogP contribution is -2.27. The first-order valence-corrected chi connectivity index (χ1v) is 9.18.